The third-order valence-corrected chi connectivity index (χ3v) is 3.20. The maximum Gasteiger partial charge on any atom is 0.0313 e. The van der Waals surface area contributed by atoms with Gasteiger partial charge in [0.25, 0.3) is 0 Å². The zero-order chi connectivity index (χ0) is 13.0. The van der Waals surface area contributed by atoms with E-state index in [0.717, 1.165) is 6.54 Å². The molecule has 2 rings (SSSR count). The standard InChI is InChI=1S/C16H20N2/c1-12-8-15(10-17-9-12)11-18-14(3)16-7-5-4-6-13(16)2/h4-10,14,18H,11H2,1-3H3/t14-/m0/s1. The molecule has 1 atom stereocenters. The largest absolute Gasteiger partial charge is 0.306 e. The molecule has 94 valence electrons. The van der Waals surface area contributed by atoms with E-state index in [1.807, 2.05) is 12.4 Å². The van der Waals surface area contributed by atoms with Crippen LogP contribution in [0, 0.1) is 13.8 Å². The van der Waals surface area contributed by atoms with Crippen LogP contribution in [-0.2, 0) is 6.54 Å². The molecule has 2 heteroatoms. The molecule has 1 N–H and O–H groups in total. The zero-order valence-corrected chi connectivity index (χ0v) is 11.3. The van der Waals surface area contributed by atoms with Crippen LogP contribution in [0.5, 0.6) is 0 Å². The zero-order valence-electron chi connectivity index (χ0n) is 11.3. The van der Waals surface area contributed by atoms with Gasteiger partial charge in [-0.3, -0.25) is 4.98 Å². The van der Waals surface area contributed by atoms with Crippen LogP contribution in [0.2, 0.25) is 0 Å². The summed E-state index contributed by atoms with van der Waals surface area (Å²) in [5, 5.41) is 3.54. The maximum absolute atomic E-state index is 4.21. The lowest BCUT2D eigenvalue weighted by Gasteiger charge is -2.16. The fraction of sp³-hybridized carbons (Fsp3) is 0.312. The molecule has 0 aliphatic heterocycles. The van der Waals surface area contributed by atoms with E-state index >= 15 is 0 Å². The second-order valence-corrected chi connectivity index (χ2v) is 4.83. The lowest BCUT2D eigenvalue weighted by Crippen LogP contribution is -2.19. The molecule has 0 saturated heterocycles. The average molecular weight is 240 g/mol. The second kappa shape index (κ2) is 5.78. The molecule has 0 fully saturated rings. The molecule has 1 heterocycles. The van der Waals surface area contributed by atoms with E-state index in [2.05, 4.69) is 61.4 Å². The molecular weight excluding hydrogens is 220 g/mol. The molecule has 0 aliphatic rings. The highest BCUT2D eigenvalue weighted by molar-refractivity contribution is 5.28. The van der Waals surface area contributed by atoms with Crippen molar-refractivity contribution >= 4 is 0 Å². The summed E-state index contributed by atoms with van der Waals surface area (Å²) in [4.78, 5) is 4.21. The number of nitrogens with zero attached hydrogens (tertiary/aromatic N) is 1. The van der Waals surface area contributed by atoms with Gasteiger partial charge in [0.05, 0.1) is 0 Å². The van der Waals surface area contributed by atoms with Crippen molar-refractivity contribution in [2.45, 2.75) is 33.4 Å². The molecule has 0 radical (unpaired) electrons. The van der Waals surface area contributed by atoms with Gasteiger partial charge in [-0.1, -0.05) is 30.3 Å². The van der Waals surface area contributed by atoms with Crippen molar-refractivity contribution in [3.05, 3.63) is 65.0 Å². The maximum atomic E-state index is 4.21. The third-order valence-electron chi connectivity index (χ3n) is 3.20. The number of hydrogen-bond donors (Lipinski definition) is 1. The first-order valence-electron chi connectivity index (χ1n) is 6.36. The molecule has 0 bridgehead atoms. The Bertz CT molecular complexity index is 520. The summed E-state index contributed by atoms with van der Waals surface area (Å²) >= 11 is 0. The molecule has 2 aromatic rings. The predicted octanol–water partition coefficient (Wildman–Crippen LogP) is 3.55. The van der Waals surface area contributed by atoms with Crippen molar-refractivity contribution in [2.75, 3.05) is 0 Å². The van der Waals surface area contributed by atoms with Crippen molar-refractivity contribution < 1.29 is 0 Å². The Morgan fingerprint density at radius 2 is 1.94 bits per heavy atom. The molecule has 0 spiro atoms. The highest BCUT2D eigenvalue weighted by Gasteiger charge is 2.06. The minimum Gasteiger partial charge on any atom is -0.306 e. The summed E-state index contributed by atoms with van der Waals surface area (Å²) in [6.45, 7) is 7.28. The van der Waals surface area contributed by atoms with E-state index in [1.54, 1.807) is 0 Å². The van der Waals surface area contributed by atoms with Crippen molar-refractivity contribution in [3.63, 3.8) is 0 Å². The van der Waals surface area contributed by atoms with Crippen molar-refractivity contribution in [1.29, 1.82) is 0 Å². The molecule has 0 aliphatic carbocycles. The Morgan fingerprint density at radius 3 is 2.67 bits per heavy atom. The first-order valence-corrected chi connectivity index (χ1v) is 6.36. The van der Waals surface area contributed by atoms with Gasteiger partial charge in [0.15, 0.2) is 0 Å². The number of aromatic nitrogens is 1. The number of pyridine rings is 1. The molecule has 1 aromatic carbocycles. The topological polar surface area (TPSA) is 24.9 Å². The van der Waals surface area contributed by atoms with E-state index in [0.29, 0.717) is 6.04 Å². The van der Waals surface area contributed by atoms with Crippen molar-refractivity contribution in [2.24, 2.45) is 0 Å². The average Bonchev–Trinajstić information content (AvgIpc) is 2.37. The first kappa shape index (κ1) is 12.8. The predicted molar refractivity (Wildman–Crippen MR) is 75.4 cm³/mol. The number of benzene rings is 1. The van der Waals surface area contributed by atoms with E-state index in [9.17, 15) is 0 Å². The molecular formula is C16H20N2. The Labute approximate surface area is 109 Å². The minimum atomic E-state index is 0.353. The fourth-order valence-corrected chi connectivity index (χ4v) is 2.17. The SMILES string of the molecule is Cc1cncc(CN[C@@H](C)c2ccccc2C)c1. The van der Waals surface area contributed by atoms with E-state index in [-0.39, 0.29) is 0 Å². The van der Waals surface area contributed by atoms with Gasteiger partial charge < -0.3 is 5.32 Å². The molecule has 18 heavy (non-hydrogen) atoms. The molecule has 1 aromatic heterocycles. The van der Waals surface area contributed by atoms with Gasteiger partial charge in [-0.05, 0) is 43.0 Å². The molecule has 0 saturated carbocycles. The van der Waals surface area contributed by atoms with Crippen LogP contribution in [-0.4, -0.2) is 4.98 Å². The normalized spacial score (nSPS) is 12.4. The molecule has 0 unspecified atom stereocenters. The van der Waals surface area contributed by atoms with Gasteiger partial charge in [-0.2, -0.15) is 0 Å². The van der Waals surface area contributed by atoms with E-state index < -0.39 is 0 Å². The van der Waals surface area contributed by atoms with Crippen LogP contribution in [0.15, 0.2) is 42.7 Å². The molecule has 0 amide bonds. The Hall–Kier alpha value is -1.67. The van der Waals surface area contributed by atoms with Crippen LogP contribution in [0.4, 0.5) is 0 Å². The number of rotatable bonds is 4. The van der Waals surface area contributed by atoms with Crippen LogP contribution >= 0.6 is 0 Å². The lowest BCUT2D eigenvalue weighted by molar-refractivity contribution is 0.571. The lowest BCUT2D eigenvalue weighted by atomic mass is 10.0. The molecule has 2 nitrogen and oxygen atoms in total. The second-order valence-electron chi connectivity index (χ2n) is 4.83. The highest BCUT2D eigenvalue weighted by Crippen LogP contribution is 2.17. The Balaban J connectivity index is 2.00. The summed E-state index contributed by atoms with van der Waals surface area (Å²) in [5.41, 5.74) is 5.13. The summed E-state index contributed by atoms with van der Waals surface area (Å²) in [7, 11) is 0. The van der Waals surface area contributed by atoms with Crippen LogP contribution in [0.25, 0.3) is 0 Å². The van der Waals surface area contributed by atoms with E-state index in [4.69, 9.17) is 0 Å². The van der Waals surface area contributed by atoms with Crippen molar-refractivity contribution in [1.82, 2.24) is 10.3 Å². The number of hydrogen-bond acceptors (Lipinski definition) is 2. The monoisotopic (exact) mass is 240 g/mol. The smallest absolute Gasteiger partial charge is 0.0313 e. The van der Waals surface area contributed by atoms with Crippen molar-refractivity contribution in [3.8, 4) is 0 Å². The van der Waals surface area contributed by atoms with Crippen LogP contribution in [0.1, 0.15) is 35.2 Å². The van der Waals surface area contributed by atoms with Gasteiger partial charge >= 0.3 is 0 Å². The quantitative estimate of drug-likeness (QED) is 0.884. The van der Waals surface area contributed by atoms with Gasteiger partial charge in [0.2, 0.25) is 0 Å². The van der Waals surface area contributed by atoms with Gasteiger partial charge in [0.1, 0.15) is 0 Å². The summed E-state index contributed by atoms with van der Waals surface area (Å²) in [6, 6.07) is 11.0. The van der Waals surface area contributed by atoms with Gasteiger partial charge in [-0.25, -0.2) is 0 Å². The summed E-state index contributed by atoms with van der Waals surface area (Å²) < 4.78 is 0. The number of nitrogens with one attached hydrogen (secondary N) is 1. The van der Waals surface area contributed by atoms with Crippen LogP contribution in [0.3, 0.4) is 0 Å². The first-order chi connectivity index (χ1) is 8.66. The van der Waals surface area contributed by atoms with E-state index in [1.165, 1.54) is 22.3 Å². The van der Waals surface area contributed by atoms with Gasteiger partial charge in [0, 0.05) is 25.0 Å². The summed E-state index contributed by atoms with van der Waals surface area (Å²) in [6.07, 6.45) is 3.80. The summed E-state index contributed by atoms with van der Waals surface area (Å²) in [5.74, 6) is 0. The van der Waals surface area contributed by atoms with Crippen LogP contribution < -0.4 is 5.32 Å². The Kier molecular flexibility index (Phi) is 4.11. The minimum absolute atomic E-state index is 0.353. The highest BCUT2D eigenvalue weighted by atomic mass is 14.9. The third kappa shape index (κ3) is 3.17. The van der Waals surface area contributed by atoms with Gasteiger partial charge in [-0.15, -0.1) is 0 Å². The Morgan fingerprint density at radius 1 is 1.17 bits per heavy atom. The number of aryl methyl sites for hydroxylation is 2. The fourth-order valence-electron chi connectivity index (χ4n) is 2.17.